The van der Waals surface area contributed by atoms with Gasteiger partial charge in [0, 0.05) is 24.5 Å². The van der Waals surface area contributed by atoms with E-state index in [-0.39, 0.29) is 11.8 Å². The molecule has 0 aliphatic heterocycles. The van der Waals surface area contributed by atoms with Gasteiger partial charge in [-0.3, -0.25) is 4.79 Å². The smallest absolute Gasteiger partial charge is 0.254 e. The van der Waals surface area contributed by atoms with Gasteiger partial charge in [-0.1, -0.05) is 13.8 Å². The third-order valence-electron chi connectivity index (χ3n) is 7.53. The van der Waals surface area contributed by atoms with Crippen molar-refractivity contribution in [3.63, 3.8) is 0 Å². The number of rotatable bonds is 5. The van der Waals surface area contributed by atoms with Crippen LogP contribution in [0.1, 0.15) is 79.9 Å². The summed E-state index contributed by atoms with van der Waals surface area (Å²) in [6, 6.07) is 0. The number of hydrogen-bond acceptors (Lipinski definition) is 5. The fraction of sp³-hybridized carbons (Fsp3) is 0.652. The molecule has 4 aliphatic rings. The number of nitrogens with two attached hydrogens (primary N) is 1. The lowest BCUT2D eigenvalue weighted by Crippen LogP contribution is -2.51. The summed E-state index contributed by atoms with van der Waals surface area (Å²) in [5.41, 5.74) is 8.45. The van der Waals surface area contributed by atoms with E-state index in [0.29, 0.717) is 22.7 Å². The van der Waals surface area contributed by atoms with E-state index in [4.69, 9.17) is 5.73 Å². The monoisotopic (exact) mass is 408 g/mol. The zero-order chi connectivity index (χ0) is 21.0. The number of aromatic nitrogens is 4. The van der Waals surface area contributed by atoms with Crippen LogP contribution in [-0.2, 0) is 0 Å². The fourth-order valence-electron chi connectivity index (χ4n) is 6.52. The fourth-order valence-corrected chi connectivity index (χ4v) is 6.52. The average molecular weight is 409 g/mol. The Labute approximate surface area is 177 Å². The van der Waals surface area contributed by atoms with Gasteiger partial charge in [-0.25, -0.2) is 9.67 Å². The molecule has 4 bridgehead atoms. The maximum atomic E-state index is 13.2. The van der Waals surface area contributed by atoms with E-state index in [1.165, 1.54) is 38.5 Å². The topological polar surface area (TPSA) is 98.7 Å². The standard InChI is InChI=1S/C23H32N6O/c1-13(2)19-18(11-29(28-19)22-25-10-14(3)20(24)27-22)21(30)26-12-23-7-15-4-16(8-23)6-17(5-15)9-23/h10-11,13,15-17H,4-9,12H2,1-3H3,(H,26,30)(H2,24,25,27). The van der Waals surface area contributed by atoms with Crippen molar-refractivity contribution in [3.8, 4) is 5.95 Å². The first-order valence-electron chi connectivity index (χ1n) is 11.3. The molecule has 7 heteroatoms. The van der Waals surface area contributed by atoms with E-state index >= 15 is 0 Å². The van der Waals surface area contributed by atoms with Crippen LogP contribution < -0.4 is 11.1 Å². The van der Waals surface area contributed by atoms with Crippen molar-refractivity contribution in [1.82, 2.24) is 25.1 Å². The summed E-state index contributed by atoms with van der Waals surface area (Å²) in [5, 5.41) is 7.90. The molecule has 2 heterocycles. The molecule has 0 spiro atoms. The first-order valence-corrected chi connectivity index (χ1v) is 11.3. The number of nitrogen functional groups attached to an aromatic ring is 1. The lowest BCUT2D eigenvalue weighted by molar-refractivity contribution is -0.0503. The summed E-state index contributed by atoms with van der Waals surface area (Å²) >= 11 is 0. The van der Waals surface area contributed by atoms with Crippen molar-refractivity contribution in [2.45, 2.75) is 65.2 Å². The van der Waals surface area contributed by atoms with E-state index in [1.807, 2.05) is 20.8 Å². The second-order valence-corrected chi connectivity index (χ2v) is 10.4. The highest BCUT2D eigenvalue weighted by Crippen LogP contribution is 2.59. The minimum Gasteiger partial charge on any atom is -0.383 e. The summed E-state index contributed by atoms with van der Waals surface area (Å²) in [7, 11) is 0. The highest BCUT2D eigenvalue weighted by Gasteiger charge is 2.50. The molecular weight excluding hydrogens is 376 g/mol. The Morgan fingerprint density at radius 2 is 1.87 bits per heavy atom. The van der Waals surface area contributed by atoms with E-state index < -0.39 is 0 Å². The van der Waals surface area contributed by atoms with Gasteiger partial charge >= 0.3 is 0 Å². The Bertz CT molecular complexity index is 943. The molecule has 0 unspecified atom stereocenters. The molecule has 0 atom stereocenters. The molecular formula is C23H32N6O. The van der Waals surface area contributed by atoms with Gasteiger partial charge in [-0.15, -0.1) is 0 Å². The van der Waals surface area contributed by atoms with E-state index in [9.17, 15) is 4.79 Å². The largest absolute Gasteiger partial charge is 0.383 e. The Morgan fingerprint density at radius 3 is 2.43 bits per heavy atom. The molecule has 160 valence electrons. The van der Waals surface area contributed by atoms with Crippen LogP contribution in [0.3, 0.4) is 0 Å². The van der Waals surface area contributed by atoms with E-state index in [0.717, 1.165) is 35.6 Å². The minimum atomic E-state index is -0.0409. The highest BCUT2D eigenvalue weighted by atomic mass is 16.1. The number of hydrogen-bond donors (Lipinski definition) is 2. The van der Waals surface area contributed by atoms with Crippen LogP contribution in [0.15, 0.2) is 12.4 Å². The Kier molecular flexibility index (Phi) is 4.60. The van der Waals surface area contributed by atoms with Crippen LogP contribution in [0.25, 0.3) is 5.95 Å². The molecule has 2 aromatic heterocycles. The van der Waals surface area contributed by atoms with Gasteiger partial charge in [0.15, 0.2) is 0 Å². The lowest BCUT2D eigenvalue weighted by Gasteiger charge is -2.56. The van der Waals surface area contributed by atoms with Crippen molar-refractivity contribution < 1.29 is 4.79 Å². The number of nitrogens with one attached hydrogen (secondary N) is 1. The van der Waals surface area contributed by atoms with E-state index in [1.54, 1.807) is 17.1 Å². The number of aryl methyl sites for hydroxylation is 1. The first-order chi connectivity index (χ1) is 14.3. The second kappa shape index (κ2) is 7.06. The van der Waals surface area contributed by atoms with Crippen molar-refractivity contribution >= 4 is 11.7 Å². The Hall–Kier alpha value is -2.44. The normalized spacial score (nSPS) is 29.5. The zero-order valence-electron chi connectivity index (χ0n) is 18.2. The lowest BCUT2D eigenvalue weighted by atomic mass is 9.49. The quantitative estimate of drug-likeness (QED) is 0.787. The van der Waals surface area contributed by atoms with Crippen LogP contribution in [0, 0.1) is 30.1 Å². The molecule has 0 aromatic carbocycles. The van der Waals surface area contributed by atoms with E-state index in [2.05, 4.69) is 20.4 Å². The van der Waals surface area contributed by atoms with Gasteiger partial charge in [0.2, 0.25) is 0 Å². The Balaban J connectivity index is 1.36. The van der Waals surface area contributed by atoms with Gasteiger partial charge < -0.3 is 11.1 Å². The molecule has 0 saturated heterocycles. The van der Waals surface area contributed by atoms with Crippen LogP contribution in [0.4, 0.5) is 5.82 Å². The number of anilines is 1. The van der Waals surface area contributed by atoms with Gasteiger partial charge in [-0.05, 0) is 74.5 Å². The maximum Gasteiger partial charge on any atom is 0.254 e. The number of amides is 1. The Morgan fingerprint density at radius 1 is 1.23 bits per heavy atom. The van der Waals surface area contributed by atoms with Crippen molar-refractivity contribution in [2.75, 3.05) is 12.3 Å². The summed E-state index contributed by atoms with van der Waals surface area (Å²) in [4.78, 5) is 21.9. The van der Waals surface area contributed by atoms with Gasteiger partial charge in [-0.2, -0.15) is 10.1 Å². The number of carbonyl (C=O) groups excluding carboxylic acids is 1. The molecule has 30 heavy (non-hydrogen) atoms. The molecule has 7 nitrogen and oxygen atoms in total. The molecule has 1 amide bonds. The number of nitrogens with zero attached hydrogens (tertiary/aromatic N) is 4. The molecule has 0 radical (unpaired) electrons. The maximum absolute atomic E-state index is 13.2. The van der Waals surface area contributed by atoms with Gasteiger partial charge in [0.05, 0.1) is 11.3 Å². The minimum absolute atomic E-state index is 0.0409. The number of carbonyl (C=O) groups is 1. The predicted octanol–water partition coefficient (Wildman–Crippen LogP) is 3.62. The average Bonchev–Trinajstić information content (AvgIpc) is 3.13. The van der Waals surface area contributed by atoms with Crippen LogP contribution in [-0.4, -0.2) is 32.2 Å². The third-order valence-corrected chi connectivity index (χ3v) is 7.53. The van der Waals surface area contributed by atoms with Crippen molar-refractivity contribution in [3.05, 3.63) is 29.2 Å². The summed E-state index contributed by atoms with van der Waals surface area (Å²) in [5.74, 6) is 3.54. The highest BCUT2D eigenvalue weighted by molar-refractivity contribution is 5.95. The molecule has 6 rings (SSSR count). The van der Waals surface area contributed by atoms with Crippen LogP contribution in [0.2, 0.25) is 0 Å². The SMILES string of the molecule is Cc1cnc(-n2cc(C(=O)NCC34CC5CC(CC(C5)C3)C4)c(C(C)C)n2)nc1N. The zero-order valence-corrected chi connectivity index (χ0v) is 18.2. The van der Waals surface area contributed by atoms with Gasteiger partial charge in [0.1, 0.15) is 5.82 Å². The summed E-state index contributed by atoms with van der Waals surface area (Å²) in [6.45, 7) is 6.75. The summed E-state index contributed by atoms with van der Waals surface area (Å²) in [6.07, 6.45) is 11.5. The molecule has 4 saturated carbocycles. The molecule has 2 aromatic rings. The predicted molar refractivity (Wildman–Crippen MR) is 115 cm³/mol. The van der Waals surface area contributed by atoms with Crippen molar-refractivity contribution in [2.24, 2.45) is 23.2 Å². The first kappa shape index (κ1) is 19.5. The molecule has 4 aliphatic carbocycles. The van der Waals surface area contributed by atoms with Crippen LogP contribution >= 0.6 is 0 Å². The van der Waals surface area contributed by atoms with Crippen LogP contribution in [0.5, 0.6) is 0 Å². The molecule has 3 N–H and O–H groups in total. The third kappa shape index (κ3) is 3.38. The molecule has 4 fully saturated rings. The second-order valence-electron chi connectivity index (χ2n) is 10.4. The summed E-state index contributed by atoms with van der Waals surface area (Å²) < 4.78 is 1.57. The van der Waals surface area contributed by atoms with Gasteiger partial charge in [0.25, 0.3) is 11.9 Å². The van der Waals surface area contributed by atoms with Crippen molar-refractivity contribution in [1.29, 1.82) is 0 Å².